The Morgan fingerprint density at radius 3 is 2.79 bits per heavy atom. The number of fused-ring (bicyclic) bond motifs is 1. The minimum atomic E-state index is -0.497. The van der Waals surface area contributed by atoms with Crippen LogP contribution in [0.3, 0.4) is 0 Å². The molecule has 1 N–H and O–H groups in total. The van der Waals surface area contributed by atoms with Crippen molar-refractivity contribution in [1.29, 1.82) is 0 Å². The van der Waals surface area contributed by atoms with Gasteiger partial charge in [-0.3, -0.25) is 14.9 Å². The smallest absolute Gasteiger partial charge is 0.293 e. The number of carbonyl (C=O) groups excluding carboxylic acids is 1. The zero-order chi connectivity index (χ0) is 17.3. The number of nitro groups is 1. The van der Waals surface area contributed by atoms with Gasteiger partial charge in [0.15, 0.2) is 5.78 Å². The van der Waals surface area contributed by atoms with E-state index in [4.69, 9.17) is 0 Å². The minimum absolute atomic E-state index is 0.123. The Morgan fingerprint density at radius 2 is 2.12 bits per heavy atom. The molecule has 0 aliphatic rings. The number of Topliss-reactive ketones (excluding diaryl/α,β-unsaturated/α-hetero) is 1. The van der Waals surface area contributed by atoms with E-state index < -0.39 is 4.92 Å². The lowest BCUT2D eigenvalue weighted by atomic mass is 10.1. The Morgan fingerprint density at radius 1 is 1.33 bits per heavy atom. The van der Waals surface area contributed by atoms with Crippen LogP contribution >= 0.6 is 0 Å². The van der Waals surface area contributed by atoms with Crippen LogP contribution < -0.4 is 5.32 Å². The number of pyridine rings is 1. The second kappa shape index (κ2) is 6.11. The highest BCUT2D eigenvalue weighted by Crippen LogP contribution is 2.26. The fourth-order valence-electron chi connectivity index (χ4n) is 2.52. The largest absolute Gasteiger partial charge is 0.374 e. The SMILES string of the molecule is CC(=O)c1ccc(NCc2cn3c(C)cccc3n2)c([N+](=O)[O-])c1. The number of rotatable bonds is 5. The third kappa shape index (κ3) is 2.96. The summed E-state index contributed by atoms with van der Waals surface area (Å²) >= 11 is 0. The standard InChI is InChI=1S/C17H16N4O3/c1-11-4-3-5-17-19-14(10-20(11)17)9-18-15-7-6-13(12(2)22)8-16(15)21(23)24/h3-8,10,18H,9H2,1-2H3. The van der Waals surface area contributed by atoms with Gasteiger partial charge in [-0.2, -0.15) is 0 Å². The predicted molar refractivity (Wildman–Crippen MR) is 90.4 cm³/mol. The number of anilines is 1. The maximum Gasteiger partial charge on any atom is 0.293 e. The third-order valence-corrected chi connectivity index (χ3v) is 3.81. The Hall–Kier alpha value is -3.22. The summed E-state index contributed by atoms with van der Waals surface area (Å²) in [6.07, 6.45) is 1.90. The van der Waals surface area contributed by atoms with Crippen LogP contribution in [0, 0.1) is 17.0 Å². The molecule has 0 aliphatic carbocycles. The van der Waals surface area contributed by atoms with Crippen molar-refractivity contribution in [2.75, 3.05) is 5.32 Å². The summed E-state index contributed by atoms with van der Waals surface area (Å²) in [5.74, 6) is -0.208. The molecule has 0 aliphatic heterocycles. The van der Waals surface area contributed by atoms with Gasteiger partial charge in [0.05, 0.1) is 17.2 Å². The summed E-state index contributed by atoms with van der Waals surface area (Å²) in [6.45, 7) is 3.71. The number of nitro benzene ring substituents is 1. The molecule has 3 aromatic rings. The molecule has 7 nitrogen and oxygen atoms in total. The maximum absolute atomic E-state index is 11.4. The number of aryl methyl sites for hydroxylation is 1. The zero-order valence-corrected chi connectivity index (χ0v) is 13.3. The molecule has 7 heteroatoms. The zero-order valence-electron chi connectivity index (χ0n) is 13.3. The molecule has 2 aromatic heterocycles. The number of nitrogens with zero attached hydrogens (tertiary/aromatic N) is 3. The number of ketones is 1. The average molecular weight is 324 g/mol. The van der Waals surface area contributed by atoms with Gasteiger partial charge in [-0.1, -0.05) is 6.07 Å². The van der Waals surface area contributed by atoms with Crippen molar-refractivity contribution in [3.05, 3.63) is 69.7 Å². The Balaban J connectivity index is 1.86. The van der Waals surface area contributed by atoms with E-state index in [9.17, 15) is 14.9 Å². The number of hydrogen-bond donors (Lipinski definition) is 1. The number of aromatic nitrogens is 2. The molecule has 0 fully saturated rings. The molecule has 0 atom stereocenters. The van der Waals surface area contributed by atoms with Crippen LogP contribution in [0.1, 0.15) is 28.7 Å². The highest BCUT2D eigenvalue weighted by molar-refractivity contribution is 5.95. The number of benzene rings is 1. The van der Waals surface area contributed by atoms with Crippen molar-refractivity contribution in [2.24, 2.45) is 0 Å². The number of carbonyl (C=O) groups is 1. The van der Waals surface area contributed by atoms with Crippen LogP contribution in [-0.4, -0.2) is 20.1 Å². The molecule has 0 amide bonds. The van der Waals surface area contributed by atoms with Crippen molar-refractivity contribution in [1.82, 2.24) is 9.38 Å². The van der Waals surface area contributed by atoms with Crippen LogP contribution in [0.15, 0.2) is 42.6 Å². The van der Waals surface area contributed by atoms with Crippen LogP contribution in [0.2, 0.25) is 0 Å². The van der Waals surface area contributed by atoms with Gasteiger partial charge in [-0.15, -0.1) is 0 Å². The monoisotopic (exact) mass is 324 g/mol. The van der Waals surface area contributed by atoms with Gasteiger partial charge in [0.2, 0.25) is 0 Å². The molecule has 122 valence electrons. The van der Waals surface area contributed by atoms with Crippen LogP contribution in [0.25, 0.3) is 5.65 Å². The van der Waals surface area contributed by atoms with Gasteiger partial charge in [0, 0.05) is 23.5 Å². The molecule has 0 spiro atoms. The summed E-state index contributed by atoms with van der Waals surface area (Å²) in [6, 6.07) is 10.2. The van der Waals surface area contributed by atoms with E-state index in [0.717, 1.165) is 17.0 Å². The highest BCUT2D eigenvalue weighted by atomic mass is 16.6. The second-order valence-electron chi connectivity index (χ2n) is 5.53. The molecule has 3 rings (SSSR count). The summed E-state index contributed by atoms with van der Waals surface area (Å²) in [7, 11) is 0. The van der Waals surface area contributed by atoms with Crippen LogP contribution in [-0.2, 0) is 6.54 Å². The molecular formula is C17H16N4O3. The predicted octanol–water partition coefficient (Wildman–Crippen LogP) is 3.37. The van der Waals surface area contributed by atoms with Crippen molar-refractivity contribution >= 4 is 22.8 Å². The topological polar surface area (TPSA) is 89.5 Å². The first-order chi connectivity index (χ1) is 11.5. The molecule has 2 heterocycles. The molecule has 1 aromatic carbocycles. The lowest BCUT2D eigenvalue weighted by Gasteiger charge is -2.06. The van der Waals surface area contributed by atoms with Gasteiger partial charge in [-0.05, 0) is 38.1 Å². The van der Waals surface area contributed by atoms with Crippen LogP contribution in [0.5, 0.6) is 0 Å². The lowest BCUT2D eigenvalue weighted by Crippen LogP contribution is -2.04. The van der Waals surface area contributed by atoms with Crippen molar-refractivity contribution in [3.63, 3.8) is 0 Å². The van der Waals surface area contributed by atoms with Crippen LogP contribution in [0.4, 0.5) is 11.4 Å². The van der Waals surface area contributed by atoms with E-state index in [-0.39, 0.29) is 11.5 Å². The maximum atomic E-state index is 11.4. The number of imidazole rings is 1. The fraction of sp³-hybridized carbons (Fsp3) is 0.176. The summed E-state index contributed by atoms with van der Waals surface area (Å²) in [5, 5.41) is 14.3. The third-order valence-electron chi connectivity index (χ3n) is 3.81. The van der Waals surface area contributed by atoms with Gasteiger partial charge in [-0.25, -0.2) is 4.98 Å². The van der Waals surface area contributed by atoms with E-state index in [2.05, 4.69) is 10.3 Å². The Bertz CT molecular complexity index is 946. The molecular weight excluding hydrogens is 308 g/mol. The lowest BCUT2D eigenvalue weighted by molar-refractivity contribution is -0.384. The fourth-order valence-corrected chi connectivity index (χ4v) is 2.52. The first-order valence-electron chi connectivity index (χ1n) is 7.42. The molecule has 0 radical (unpaired) electrons. The van der Waals surface area contributed by atoms with Crippen molar-refractivity contribution in [2.45, 2.75) is 20.4 Å². The number of nitrogens with one attached hydrogen (secondary N) is 1. The van der Waals surface area contributed by atoms with Crippen molar-refractivity contribution < 1.29 is 9.72 Å². The van der Waals surface area contributed by atoms with E-state index in [1.54, 1.807) is 12.1 Å². The van der Waals surface area contributed by atoms with Crippen molar-refractivity contribution in [3.8, 4) is 0 Å². The molecule has 24 heavy (non-hydrogen) atoms. The molecule has 0 saturated carbocycles. The van der Waals surface area contributed by atoms with E-state index in [0.29, 0.717) is 17.8 Å². The Labute approximate surface area is 138 Å². The minimum Gasteiger partial charge on any atom is -0.374 e. The second-order valence-corrected chi connectivity index (χ2v) is 5.53. The van der Waals surface area contributed by atoms with E-state index in [1.165, 1.54) is 13.0 Å². The molecule has 0 unspecified atom stereocenters. The molecule has 0 bridgehead atoms. The first-order valence-corrected chi connectivity index (χ1v) is 7.42. The highest BCUT2D eigenvalue weighted by Gasteiger charge is 2.16. The Kier molecular flexibility index (Phi) is 3.99. The van der Waals surface area contributed by atoms with Gasteiger partial charge >= 0.3 is 0 Å². The quantitative estimate of drug-likeness (QED) is 0.441. The van der Waals surface area contributed by atoms with Gasteiger partial charge < -0.3 is 9.72 Å². The molecule has 0 saturated heterocycles. The van der Waals surface area contributed by atoms with E-state index >= 15 is 0 Å². The average Bonchev–Trinajstić information content (AvgIpc) is 2.97. The summed E-state index contributed by atoms with van der Waals surface area (Å²) in [5.41, 5.74) is 3.21. The van der Waals surface area contributed by atoms with E-state index in [1.807, 2.05) is 35.7 Å². The normalized spacial score (nSPS) is 10.8. The van der Waals surface area contributed by atoms with Gasteiger partial charge in [0.1, 0.15) is 11.3 Å². The first kappa shape index (κ1) is 15.7. The summed E-state index contributed by atoms with van der Waals surface area (Å²) < 4.78 is 1.96. The number of hydrogen-bond acceptors (Lipinski definition) is 5. The summed E-state index contributed by atoms with van der Waals surface area (Å²) in [4.78, 5) is 26.6. The van der Waals surface area contributed by atoms with Gasteiger partial charge in [0.25, 0.3) is 5.69 Å².